The van der Waals surface area contributed by atoms with Gasteiger partial charge in [0, 0.05) is 112 Å². The van der Waals surface area contributed by atoms with Gasteiger partial charge in [0.2, 0.25) is 0 Å². The van der Waals surface area contributed by atoms with Gasteiger partial charge in [0.05, 0.1) is 16.7 Å². The van der Waals surface area contributed by atoms with Crippen LogP contribution < -0.4 is 27.1 Å². The molecule has 0 saturated heterocycles. The standard InChI is InChI=1S/C32H38N6O13.Gd/c1-36-12-8-19(25(43)30(36)48)27(45)33-10-14-38(15-11-34-28(46)20-9-13-37(2)31(49)26(20)44)16-17(4-3-5-22(39)40)35-29(47)18-6-7-21(32(50)51)24(42)23(18)41;/h6-9,12-13,17,41-44H,3-5,10-11,14-16H2,1-2H3,(H,33,45)(H,34,46)(H,35,47)(H,39,40)(H,50,51);. The number of nitrogens with one attached hydrogen (secondary N) is 3. The number of phenolic OH excluding ortho intramolecular Hbond substituents is 1. The first-order valence-corrected chi connectivity index (χ1v) is 15.4. The number of carboxylic acids is 2. The second-order valence-corrected chi connectivity index (χ2v) is 11.4. The molecule has 2 heterocycles. The van der Waals surface area contributed by atoms with Crippen LogP contribution in [0, 0.1) is 39.9 Å². The van der Waals surface area contributed by atoms with E-state index in [2.05, 4.69) is 16.0 Å². The Morgan fingerprint density at radius 3 is 1.60 bits per heavy atom. The fourth-order valence-corrected chi connectivity index (χ4v) is 4.96. The molecule has 0 spiro atoms. The Hall–Kier alpha value is -5.05. The van der Waals surface area contributed by atoms with Crippen molar-refractivity contribution in [2.75, 3.05) is 32.7 Å². The summed E-state index contributed by atoms with van der Waals surface area (Å²) in [6, 6.07) is 3.56. The fourth-order valence-electron chi connectivity index (χ4n) is 4.96. The van der Waals surface area contributed by atoms with Crippen molar-refractivity contribution in [3.63, 3.8) is 0 Å². The molecule has 0 fully saturated rings. The minimum Gasteiger partial charge on any atom is -0.504 e. The van der Waals surface area contributed by atoms with Crippen LogP contribution in [0.5, 0.6) is 23.0 Å². The summed E-state index contributed by atoms with van der Waals surface area (Å²) < 4.78 is 2.16. The summed E-state index contributed by atoms with van der Waals surface area (Å²) in [4.78, 5) is 87.0. The zero-order valence-electron chi connectivity index (χ0n) is 27.9. The number of aliphatic carboxylic acids is 1. The van der Waals surface area contributed by atoms with Crippen LogP contribution >= 0.6 is 0 Å². The summed E-state index contributed by atoms with van der Waals surface area (Å²) in [5.74, 6) is -8.67. The number of amides is 3. The number of carboxylic acid groups (broad SMARTS) is 2. The molecule has 282 valence electrons. The summed E-state index contributed by atoms with van der Waals surface area (Å²) in [6.07, 6.45) is 2.49. The Kier molecular flexibility index (Phi) is 16.2. The topological polar surface area (TPSA) is 290 Å². The van der Waals surface area contributed by atoms with E-state index in [9.17, 15) is 59.1 Å². The molecule has 9 N–H and O–H groups in total. The van der Waals surface area contributed by atoms with E-state index in [0.29, 0.717) is 0 Å². The van der Waals surface area contributed by atoms with Crippen LogP contribution in [0.1, 0.15) is 60.7 Å². The van der Waals surface area contributed by atoms with Gasteiger partial charge in [-0.05, 0) is 37.1 Å². The summed E-state index contributed by atoms with van der Waals surface area (Å²) in [7, 11) is 2.78. The second-order valence-electron chi connectivity index (χ2n) is 11.4. The van der Waals surface area contributed by atoms with Crippen molar-refractivity contribution in [2.24, 2.45) is 14.1 Å². The molecular formula is C32H38GdN6O13. The third-order valence-corrected chi connectivity index (χ3v) is 7.79. The first-order valence-electron chi connectivity index (χ1n) is 15.4. The average Bonchev–Trinajstić information content (AvgIpc) is 3.06. The zero-order chi connectivity index (χ0) is 38.0. The van der Waals surface area contributed by atoms with Crippen molar-refractivity contribution in [1.29, 1.82) is 0 Å². The Morgan fingerprint density at radius 1 is 0.692 bits per heavy atom. The van der Waals surface area contributed by atoms with Crippen molar-refractivity contribution < 1.29 is 94.6 Å². The maximum atomic E-state index is 13.2. The minimum atomic E-state index is -1.55. The van der Waals surface area contributed by atoms with Crippen molar-refractivity contribution in [2.45, 2.75) is 25.3 Å². The van der Waals surface area contributed by atoms with Gasteiger partial charge in [-0.1, -0.05) is 0 Å². The predicted molar refractivity (Wildman–Crippen MR) is 177 cm³/mol. The fraction of sp³-hybridized carbons (Fsp3) is 0.344. The number of rotatable bonds is 17. The molecule has 0 aliphatic carbocycles. The number of phenols is 2. The quantitative estimate of drug-likeness (QED) is 0.0746. The van der Waals surface area contributed by atoms with Crippen molar-refractivity contribution in [3.05, 3.63) is 79.6 Å². The SMILES string of the molecule is Cn1ccc(C(=O)NCCN(CCNC(=O)c2ccn(C)c(=O)c2O)CC(CCCC(=O)O)NC(=O)c2ccc(C(=O)O)c(O)c2O)c(O)c1=O.[Gd]. The molecule has 3 aromatic rings. The summed E-state index contributed by atoms with van der Waals surface area (Å²) >= 11 is 0. The number of hydrogen-bond donors (Lipinski definition) is 9. The molecule has 1 atom stereocenters. The number of aryl methyl sites for hydroxylation is 2. The number of aromatic hydroxyl groups is 4. The Morgan fingerprint density at radius 2 is 1.13 bits per heavy atom. The molecule has 0 radical (unpaired) electrons. The van der Waals surface area contributed by atoms with Crippen LogP contribution in [0.3, 0.4) is 0 Å². The van der Waals surface area contributed by atoms with Gasteiger partial charge in [-0.25, -0.2) is 4.79 Å². The number of carbonyl (C=O) groups is 5. The third kappa shape index (κ3) is 11.2. The zero-order valence-corrected chi connectivity index (χ0v) is 30.2. The van der Waals surface area contributed by atoms with Gasteiger partial charge in [0.15, 0.2) is 23.0 Å². The van der Waals surface area contributed by atoms with Gasteiger partial charge in [0.1, 0.15) is 5.56 Å². The van der Waals surface area contributed by atoms with E-state index in [0.717, 1.165) is 21.3 Å². The van der Waals surface area contributed by atoms with Gasteiger partial charge in [-0.3, -0.25) is 33.7 Å². The van der Waals surface area contributed by atoms with E-state index < -0.39 is 80.9 Å². The van der Waals surface area contributed by atoms with Gasteiger partial charge >= 0.3 is 11.9 Å². The van der Waals surface area contributed by atoms with E-state index in [1.165, 1.54) is 38.6 Å². The second kappa shape index (κ2) is 19.5. The molecule has 1 aromatic carbocycles. The number of nitrogens with zero attached hydrogens (tertiary/aromatic N) is 3. The van der Waals surface area contributed by atoms with Crippen LogP contribution in [-0.4, -0.2) is 113 Å². The van der Waals surface area contributed by atoms with Crippen molar-refractivity contribution in [1.82, 2.24) is 30.0 Å². The summed E-state index contributed by atoms with van der Waals surface area (Å²) in [5, 5.41) is 66.9. The number of aromatic nitrogens is 2. The number of benzene rings is 1. The van der Waals surface area contributed by atoms with E-state index in [-0.39, 0.29) is 103 Å². The number of pyridine rings is 2. The molecule has 1 unspecified atom stereocenters. The molecule has 0 bridgehead atoms. The normalized spacial score (nSPS) is 11.3. The molecule has 52 heavy (non-hydrogen) atoms. The van der Waals surface area contributed by atoms with Crippen LogP contribution in [-0.2, 0) is 18.9 Å². The number of hydrogen-bond acceptors (Lipinski definition) is 12. The summed E-state index contributed by atoms with van der Waals surface area (Å²) in [6.45, 7) is -0.134. The largest absolute Gasteiger partial charge is 0.504 e. The number of carbonyl (C=O) groups excluding carboxylic acids is 3. The Bertz CT molecular complexity index is 1860. The third-order valence-electron chi connectivity index (χ3n) is 7.79. The molecule has 0 aliphatic heterocycles. The van der Waals surface area contributed by atoms with E-state index in [4.69, 9.17) is 5.11 Å². The van der Waals surface area contributed by atoms with Gasteiger partial charge in [0.25, 0.3) is 28.8 Å². The maximum absolute atomic E-state index is 13.2. The number of aromatic carboxylic acids is 1. The molecule has 0 aliphatic rings. The first kappa shape index (κ1) is 43.1. The molecule has 19 nitrogen and oxygen atoms in total. The molecule has 3 rings (SSSR count). The smallest absolute Gasteiger partial charge is 0.339 e. The average molecular weight is 872 g/mol. The molecule has 20 heteroatoms. The van der Waals surface area contributed by atoms with E-state index in [1.807, 2.05) is 0 Å². The van der Waals surface area contributed by atoms with Crippen LogP contribution in [0.2, 0.25) is 0 Å². The first-order chi connectivity index (χ1) is 24.0. The molecular weight excluding hydrogens is 834 g/mol. The predicted octanol–water partition coefficient (Wildman–Crippen LogP) is -0.880. The van der Waals surface area contributed by atoms with Crippen LogP contribution in [0.15, 0.2) is 46.2 Å². The minimum absolute atomic E-state index is 0. The maximum Gasteiger partial charge on any atom is 0.339 e. The summed E-state index contributed by atoms with van der Waals surface area (Å²) in [5.41, 5.74) is -3.25. The van der Waals surface area contributed by atoms with Gasteiger partial charge in [-0.15, -0.1) is 0 Å². The van der Waals surface area contributed by atoms with E-state index in [1.54, 1.807) is 4.90 Å². The van der Waals surface area contributed by atoms with E-state index >= 15 is 0 Å². The van der Waals surface area contributed by atoms with Crippen molar-refractivity contribution in [3.8, 4) is 23.0 Å². The molecule has 2 aromatic heterocycles. The van der Waals surface area contributed by atoms with Gasteiger partial charge < -0.3 is 55.7 Å². The molecule has 0 saturated carbocycles. The molecule has 3 amide bonds. The van der Waals surface area contributed by atoms with Crippen LogP contribution in [0.4, 0.5) is 0 Å². The Labute approximate surface area is 327 Å². The van der Waals surface area contributed by atoms with Gasteiger partial charge in [-0.2, -0.15) is 0 Å². The van der Waals surface area contributed by atoms with Crippen molar-refractivity contribution >= 4 is 29.7 Å². The Balaban J connectivity index is 0.00000936. The monoisotopic (exact) mass is 872 g/mol. The van der Waals surface area contributed by atoms with Crippen LogP contribution in [0.25, 0.3) is 0 Å².